The largest absolute Gasteiger partial charge is 0.337 e. The second kappa shape index (κ2) is 6.91. The zero-order valence-electron chi connectivity index (χ0n) is 13.0. The van der Waals surface area contributed by atoms with Gasteiger partial charge in [-0.1, -0.05) is 37.3 Å². The van der Waals surface area contributed by atoms with Crippen molar-refractivity contribution in [3.05, 3.63) is 65.5 Å². The van der Waals surface area contributed by atoms with E-state index < -0.39 is 21.6 Å². The Morgan fingerprint density at radius 1 is 1.09 bits per heavy atom. The van der Waals surface area contributed by atoms with Crippen LogP contribution in [0, 0.1) is 5.82 Å². The van der Waals surface area contributed by atoms with E-state index in [0.29, 0.717) is 5.56 Å². The molecule has 0 fully saturated rings. The molecule has 0 saturated carbocycles. The van der Waals surface area contributed by atoms with Crippen molar-refractivity contribution in [2.75, 3.05) is 12.8 Å². The first kappa shape index (κ1) is 17.1. The summed E-state index contributed by atoms with van der Waals surface area (Å²) in [5, 5.41) is 0. The average Bonchev–Trinajstić information content (AvgIpc) is 2.56. The lowest BCUT2D eigenvalue weighted by molar-refractivity contribution is 0.0780. The van der Waals surface area contributed by atoms with Crippen LogP contribution in [0.2, 0.25) is 0 Å². The maximum atomic E-state index is 13.7. The highest BCUT2D eigenvalue weighted by Crippen LogP contribution is 2.19. The second-order valence-electron chi connectivity index (χ2n) is 5.15. The van der Waals surface area contributed by atoms with E-state index in [0.717, 1.165) is 0 Å². The molecule has 0 saturated heterocycles. The quantitative estimate of drug-likeness (QED) is 0.844. The van der Waals surface area contributed by atoms with Crippen molar-refractivity contribution in [2.45, 2.75) is 18.4 Å². The summed E-state index contributed by atoms with van der Waals surface area (Å²) in [7, 11) is -1.99. The average molecular weight is 335 g/mol. The third kappa shape index (κ3) is 3.76. The summed E-state index contributed by atoms with van der Waals surface area (Å²) in [6, 6.07) is 12.3. The molecule has 0 N–H and O–H groups in total. The Morgan fingerprint density at radius 3 is 2.35 bits per heavy atom. The van der Waals surface area contributed by atoms with Gasteiger partial charge in [-0.2, -0.15) is 0 Å². The van der Waals surface area contributed by atoms with Crippen LogP contribution in [0.1, 0.15) is 22.8 Å². The molecular formula is C17H18FNO3S. The minimum absolute atomic E-state index is 0.00730. The molecule has 2 aromatic rings. The first-order chi connectivity index (χ1) is 10.9. The van der Waals surface area contributed by atoms with Gasteiger partial charge < -0.3 is 4.90 Å². The van der Waals surface area contributed by atoms with Crippen LogP contribution in [0.3, 0.4) is 0 Å². The van der Waals surface area contributed by atoms with Crippen LogP contribution in [0.15, 0.2) is 53.4 Å². The highest BCUT2D eigenvalue weighted by molar-refractivity contribution is 7.91. The molecule has 0 aliphatic rings. The molecule has 4 nitrogen and oxygen atoms in total. The molecule has 1 amide bonds. The van der Waals surface area contributed by atoms with Gasteiger partial charge >= 0.3 is 0 Å². The molecule has 0 spiro atoms. The standard InChI is InChI=1S/C17H18FNO3S/c1-3-23(21,22)16-11-7-5-9-14(16)17(20)19(2)12-13-8-4-6-10-15(13)18/h4-11H,3,12H2,1-2H3. The Hall–Kier alpha value is -2.21. The minimum atomic E-state index is -3.51. The molecule has 122 valence electrons. The fraction of sp³-hybridized carbons (Fsp3) is 0.235. The third-order valence-electron chi connectivity index (χ3n) is 3.54. The van der Waals surface area contributed by atoms with Gasteiger partial charge in [-0.3, -0.25) is 4.79 Å². The molecular weight excluding hydrogens is 317 g/mol. The number of benzene rings is 2. The molecule has 23 heavy (non-hydrogen) atoms. The van der Waals surface area contributed by atoms with Crippen molar-refractivity contribution in [3.63, 3.8) is 0 Å². The van der Waals surface area contributed by atoms with Crippen LogP contribution in [-0.4, -0.2) is 32.0 Å². The summed E-state index contributed by atoms with van der Waals surface area (Å²) >= 11 is 0. The Kier molecular flexibility index (Phi) is 5.15. The maximum absolute atomic E-state index is 13.7. The lowest BCUT2D eigenvalue weighted by atomic mass is 10.1. The number of hydrogen-bond donors (Lipinski definition) is 0. The number of amides is 1. The van der Waals surface area contributed by atoms with Gasteiger partial charge in [-0.15, -0.1) is 0 Å². The lowest BCUT2D eigenvalue weighted by Gasteiger charge is -2.19. The van der Waals surface area contributed by atoms with E-state index in [1.165, 1.54) is 37.1 Å². The van der Waals surface area contributed by atoms with E-state index in [2.05, 4.69) is 0 Å². The van der Waals surface area contributed by atoms with E-state index in [1.54, 1.807) is 30.3 Å². The minimum Gasteiger partial charge on any atom is -0.337 e. The van der Waals surface area contributed by atoms with Crippen LogP contribution < -0.4 is 0 Å². The Labute approximate surface area is 135 Å². The van der Waals surface area contributed by atoms with Crippen LogP contribution in [0.5, 0.6) is 0 Å². The van der Waals surface area contributed by atoms with Crippen LogP contribution in [0.4, 0.5) is 4.39 Å². The van der Waals surface area contributed by atoms with Gasteiger partial charge in [-0.05, 0) is 18.2 Å². The smallest absolute Gasteiger partial charge is 0.255 e. The van der Waals surface area contributed by atoms with E-state index in [9.17, 15) is 17.6 Å². The summed E-state index contributed by atoms with van der Waals surface area (Å²) in [6.45, 7) is 1.59. The predicted octanol–water partition coefficient (Wildman–Crippen LogP) is 2.89. The van der Waals surface area contributed by atoms with Gasteiger partial charge in [0.05, 0.1) is 16.2 Å². The molecule has 2 aromatic carbocycles. The summed E-state index contributed by atoms with van der Waals surface area (Å²) in [5.74, 6) is -0.948. The molecule has 0 bridgehead atoms. The zero-order chi connectivity index (χ0) is 17.0. The highest BCUT2D eigenvalue weighted by Gasteiger charge is 2.23. The molecule has 2 rings (SSSR count). The van der Waals surface area contributed by atoms with E-state index in [-0.39, 0.29) is 22.8 Å². The van der Waals surface area contributed by atoms with Crippen molar-refractivity contribution in [2.24, 2.45) is 0 Å². The summed E-state index contributed by atoms with van der Waals surface area (Å²) in [5.41, 5.74) is 0.479. The number of carbonyl (C=O) groups is 1. The molecule has 0 unspecified atom stereocenters. The zero-order valence-corrected chi connectivity index (χ0v) is 13.8. The first-order valence-electron chi connectivity index (χ1n) is 7.17. The monoisotopic (exact) mass is 335 g/mol. The molecule has 0 atom stereocenters. The van der Waals surface area contributed by atoms with E-state index in [1.807, 2.05) is 0 Å². The van der Waals surface area contributed by atoms with Gasteiger partial charge in [0.1, 0.15) is 5.82 Å². The maximum Gasteiger partial charge on any atom is 0.255 e. The van der Waals surface area contributed by atoms with Crippen molar-refractivity contribution in [3.8, 4) is 0 Å². The molecule has 0 radical (unpaired) electrons. The van der Waals surface area contributed by atoms with Crippen molar-refractivity contribution < 1.29 is 17.6 Å². The number of hydrogen-bond acceptors (Lipinski definition) is 3. The number of carbonyl (C=O) groups excluding carboxylic acids is 1. The summed E-state index contributed by atoms with van der Waals surface area (Å²) in [4.78, 5) is 13.9. The fourth-order valence-corrected chi connectivity index (χ4v) is 3.32. The van der Waals surface area contributed by atoms with Crippen molar-refractivity contribution >= 4 is 15.7 Å². The highest BCUT2D eigenvalue weighted by atomic mass is 32.2. The molecule has 6 heteroatoms. The summed E-state index contributed by atoms with van der Waals surface area (Å²) < 4.78 is 38.0. The number of nitrogens with zero attached hydrogens (tertiary/aromatic N) is 1. The van der Waals surface area contributed by atoms with E-state index >= 15 is 0 Å². The first-order valence-corrected chi connectivity index (χ1v) is 8.82. The topological polar surface area (TPSA) is 54.5 Å². The van der Waals surface area contributed by atoms with Crippen molar-refractivity contribution in [1.82, 2.24) is 4.90 Å². The van der Waals surface area contributed by atoms with Gasteiger partial charge in [0.2, 0.25) is 0 Å². The van der Waals surface area contributed by atoms with Crippen LogP contribution in [0.25, 0.3) is 0 Å². The van der Waals surface area contributed by atoms with Gasteiger partial charge in [0.15, 0.2) is 9.84 Å². The molecule has 0 aliphatic heterocycles. The van der Waals surface area contributed by atoms with Crippen LogP contribution in [-0.2, 0) is 16.4 Å². The van der Waals surface area contributed by atoms with Crippen LogP contribution >= 0.6 is 0 Å². The molecule has 0 aliphatic carbocycles. The molecule has 0 heterocycles. The predicted molar refractivity (Wildman–Crippen MR) is 86.4 cm³/mol. The SMILES string of the molecule is CCS(=O)(=O)c1ccccc1C(=O)N(C)Cc1ccccc1F. The summed E-state index contributed by atoms with van der Waals surface area (Å²) in [6.07, 6.45) is 0. The van der Waals surface area contributed by atoms with E-state index in [4.69, 9.17) is 0 Å². The van der Waals surface area contributed by atoms with Gasteiger partial charge in [0, 0.05) is 19.2 Å². The van der Waals surface area contributed by atoms with Gasteiger partial charge in [0.25, 0.3) is 5.91 Å². The normalized spacial score (nSPS) is 11.3. The van der Waals surface area contributed by atoms with Crippen molar-refractivity contribution in [1.29, 1.82) is 0 Å². The van der Waals surface area contributed by atoms with Gasteiger partial charge in [-0.25, -0.2) is 12.8 Å². The Bertz CT molecular complexity index is 818. The Balaban J connectivity index is 2.33. The fourth-order valence-electron chi connectivity index (χ4n) is 2.23. The number of sulfone groups is 1. The number of halogens is 1. The number of rotatable bonds is 5. The molecule has 0 aromatic heterocycles. The second-order valence-corrected chi connectivity index (χ2v) is 7.40. The lowest BCUT2D eigenvalue weighted by Crippen LogP contribution is -2.28. The third-order valence-corrected chi connectivity index (χ3v) is 5.33. The Morgan fingerprint density at radius 2 is 1.70 bits per heavy atom.